The normalized spacial score (nSPS) is 10.4. The quantitative estimate of drug-likeness (QED) is 0.681. The van der Waals surface area contributed by atoms with Crippen LogP contribution in [0.4, 0.5) is 11.5 Å². The molecule has 1 amide bonds. The summed E-state index contributed by atoms with van der Waals surface area (Å²) in [6.45, 7) is 2.49. The van der Waals surface area contributed by atoms with Crippen molar-refractivity contribution in [2.24, 2.45) is 0 Å². The molecule has 0 spiro atoms. The van der Waals surface area contributed by atoms with E-state index < -0.39 is 0 Å². The van der Waals surface area contributed by atoms with E-state index in [9.17, 15) is 4.79 Å². The van der Waals surface area contributed by atoms with Crippen molar-refractivity contribution in [2.45, 2.75) is 13.3 Å². The first-order valence-corrected chi connectivity index (χ1v) is 9.12. The van der Waals surface area contributed by atoms with Gasteiger partial charge in [-0.25, -0.2) is 9.97 Å². The Hall–Kier alpha value is -3.41. The number of rotatable bonds is 7. The number of aromatic nitrogens is 2. The van der Waals surface area contributed by atoms with Crippen LogP contribution in [0.2, 0.25) is 0 Å². The number of amides is 1. The zero-order chi connectivity index (χ0) is 19.9. The SMILES string of the molecule is COc1ccc(CCNc2cc(C(=O)N(C)c3ccccc3)nc(C)n2)cc1. The molecule has 28 heavy (non-hydrogen) atoms. The minimum Gasteiger partial charge on any atom is -0.497 e. The van der Waals surface area contributed by atoms with Gasteiger partial charge in [-0.2, -0.15) is 0 Å². The summed E-state index contributed by atoms with van der Waals surface area (Å²) in [4.78, 5) is 23.1. The highest BCUT2D eigenvalue weighted by molar-refractivity contribution is 6.04. The average molecular weight is 376 g/mol. The summed E-state index contributed by atoms with van der Waals surface area (Å²) in [6.07, 6.45) is 0.834. The summed E-state index contributed by atoms with van der Waals surface area (Å²) in [7, 11) is 3.40. The van der Waals surface area contributed by atoms with Gasteiger partial charge in [0.05, 0.1) is 7.11 Å². The van der Waals surface area contributed by atoms with E-state index in [1.807, 2.05) is 54.6 Å². The molecule has 0 bridgehead atoms. The molecule has 1 aromatic heterocycles. The van der Waals surface area contributed by atoms with Crippen molar-refractivity contribution < 1.29 is 9.53 Å². The Bertz CT molecular complexity index is 927. The van der Waals surface area contributed by atoms with Crippen LogP contribution in [0.5, 0.6) is 5.75 Å². The third-order valence-electron chi connectivity index (χ3n) is 4.38. The molecule has 1 N–H and O–H groups in total. The highest BCUT2D eigenvalue weighted by Crippen LogP contribution is 2.16. The summed E-state index contributed by atoms with van der Waals surface area (Å²) in [5.74, 6) is 1.87. The number of nitrogens with one attached hydrogen (secondary N) is 1. The smallest absolute Gasteiger partial charge is 0.276 e. The van der Waals surface area contributed by atoms with E-state index in [1.54, 1.807) is 32.0 Å². The van der Waals surface area contributed by atoms with Gasteiger partial charge in [0.2, 0.25) is 0 Å². The largest absolute Gasteiger partial charge is 0.497 e. The summed E-state index contributed by atoms with van der Waals surface area (Å²) in [5, 5.41) is 3.28. The number of para-hydroxylation sites is 1. The van der Waals surface area contributed by atoms with Crippen LogP contribution in [-0.4, -0.2) is 36.6 Å². The maximum absolute atomic E-state index is 12.8. The van der Waals surface area contributed by atoms with Gasteiger partial charge < -0.3 is 15.0 Å². The van der Waals surface area contributed by atoms with E-state index in [-0.39, 0.29) is 5.91 Å². The van der Waals surface area contributed by atoms with E-state index in [2.05, 4.69) is 15.3 Å². The Balaban J connectivity index is 1.66. The number of hydrogen-bond acceptors (Lipinski definition) is 5. The fourth-order valence-corrected chi connectivity index (χ4v) is 2.84. The average Bonchev–Trinajstić information content (AvgIpc) is 2.73. The van der Waals surface area contributed by atoms with Crippen molar-refractivity contribution >= 4 is 17.4 Å². The highest BCUT2D eigenvalue weighted by atomic mass is 16.5. The van der Waals surface area contributed by atoms with Crippen LogP contribution in [0.3, 0.4) is 0 Å². The first kappa shape index (κ1) is 19.4. The van der Waals surface area contributed by atoms with E-state index in [0.29, 0.717) is 23.9 Å². The van der Waals surface area contributed by atoms with Gasteiger partial charge in [-0.1, -0.05) is 30.3 Å². The number of ether oxygens (including phenoxy) is 1. The summed E-state index contributed by atoms with van der Waals surface area (Å²) in [5.41, 5.74) is 2.38. The van der Waals surface area contributed by atoms with Gasteiger partial charge in [-0.05, 0) is 43.2 Å². The molecular formula is C22H24N4O2. The number of methoxy groups -OCH3 is 1. The number of nitrogens with zero attached hydrogens (tertiary/aromatic N) is 3. The molecule has 3 aromatic rings. The lowest BCUT2D eigenvalue weighted by molar-refractivity contribution is 0.0988. The van der Waals surface area contributed by atoms with Crippen molar-refractivity contribution in [1.29, 1.82) is 0 Å². The van der Waals surface area contributed by atoms with Crippen LogP contribution < -0.4 is 15.0 Å². The number of anilines is 2. The lowest BCUT2D eigenvalue weighted by atomic mass is 10.1. The number of carbonyl (C=O) groups is 1. The number of aryl methyl sites for hydroxylation is 1. The zero-order valence-corrected chi connectivity index (χ0v) is 16.3. The van der Waals surface area contributed by atoms with Crippen LogP contribution in [-0.2, 0) is 6.42 Å². The zero-order valence-electron chi connectivity index (χ0n) is 16.3. The second kappa shape index (κ2) is 8.99. The second-order valence-corrected chi connectivity index (χ2v) is 6.41. The van der Waals surface area contributed by atoms with Gasteiger partial charge >= 0.3 is 0 Å². The van der Waals surface area contributed by atoms with Gasteiger partial charge in [0.1, 0.15) is 23.1 Å². The minimum absolute atomic E-state index is 0.171. The Morgan fingerprint density at radius 2 is 1.79 bits per heavy atom. The van der Waals surface area contributed by atoms with Crippen molar-refractivity contribution in [1.82, 2.24) is 9.97 Å². The molecule has 0 fully saturated rings. The van der Waals surface area contributed by atoms with Crippen LogP contribution in [0.15, 0.2) is 60.7 Å². The van der Waals surface area contributed by atoms with Gasteiger partial charge in [-0.15, -0.1) is 0 Å². The molecule has 0 unspecified atom stereocenters. The first-order valence-electron chi connectivity index (χ1n) is 9.12. The van der Waals surface area contributed by atoms with E-state index in [1.165, 1.54) is 5.56 Å². The van der Waals surface area contributed by atoms with Crippen molar-refractivity contribution in [3.8, 4) is 5.75 Å². The highest BCUT2D eigenvalue weighted by Gasteiger charge is 2.16. The predicted octanol–water partition coefficient (Wildman–Crippen LogP) is 3.72. The molecule has 0 saturated heterocycles. The topological polar surface area (TPSA) is 67.3 Å². The number of benzene rings is 2. The standard InChI is InChI=1S/C22H24N4O2/c1-16-24-20(22(27)26(2)18-7-5-4-6-8-18)15-21(25-16)23-14-13-17-9-11-19(28-3)12-10-17/h4-12,15H,13-14H2,1-3H3,(H,23,24,25). The van der Waals surface area contributed by atoms with Crippen molar-refractivity contribution in [3.63, 3.8) is 0 Å². The molecule has 0 saturated carbocycles. The van der Waals surface area contributed by atoms with Crippen LogP contribution in [0.25, 0.3) is 0 Å². The molecule has 1 heterocycles. The van der Waals surface area contributed by atoms with Crippen molar-refractivity contribution in [3.05, 3.63) is 77.7 Å². The Labute approximate surface area is 165 Å². The Morgan fingerprint density at radius 1 is 1.07 bits per heavy atom. The van der Waals surface area contributed by atoms with Crippen LogP contribution >= 0.6 is 0 Å². The molecule has 0 aliphatic heterocycles. The monoisotopic (exact) mass is 376 g/mol. The number of hydrogen-bond donors (Lipinski definition) is 1. The van der Waals surface area contributed by atoms with E-state index >= 15 is 0 Å². The Kier molecular flexibility index (Phi) is 6.22. The summed E-state index contributed by atoms with van der Waals surface area (Å²) < 4.78 is 5.17. The lowest BCUT2D eigenvalue weighted by Crippen LogP contribution is -2.27. The fourth-order valence-electron chi connectivity index (χ4n) is 2.84. The maximum atomic E-state index is 12.8. The molecule has 6 nitrogen and oxygen atoms in total. The fraction of sp³-hybridized carbons (Fsp3) is 0.227. The van der Waals surface area contributed by atoms with E-state index in [4.69, 9.17) is 4.74 Å². The first-order chi connectivity index (χ1) is 13.6. The molecule has 0 radical (unpaired) electrons. The third-order valence-corrected chi connectivity index (χ3v) is 4.38. The molecule has 0 atom stereocenters. The van der Waals surface area contributed by atoms with Gasteiger partial charge in [0, 0.05) is 25.3 Å². The molecule has 0 aliphatic rings. The second-order valence-electron chi connectivity index (χ2n) is 6.41. The molecule has 2 aromatic carbocycles. The molecule has 0 aliphatic carbocycles. The van der Waals surface area contributed by atoms with Crippen molar-refractivity contribution in [2.75, 3.05) is 30.9 Å². The van der Waals surface area contributed by atoms with Gasteiger partial charge in [-0.3, -0.25) is 4.79 Å². The van der Waals surface area contributed by atoms with E-state index in [0.717, 1.165) is 17.9 Å². The molecule has 144 valence electrons. The third kappa shape index (κ3) is 4.85. The van der Waals surface area contributed by atoms with Crippen LogP contribution in [0, 0.1) is 6.92 Å². The molecular weight excluding hydrogens is 352 g/mol. The number of carbonyl (C=O) groups excluding carboxylic acids is 1. The van der Waals surface area contributed by atoms with Crippen LogP contribution in [0.1, 0.15) is 21.9 Å². The molecule has 6 heteroatoms. The summed E-state index contributed by atoms with van der Waals surface area (Å²) >= 11 is 0. The minimum atomic E-state index is -0.171. The predicted molar refractivity (Wildman–Crippen MR) is 111 cm³/mol. The molecule has 3 rings (SSSR count). The lowest BCUT2D eigenvalue weighted by Gasteiger charge is -2.17. The Morgan fingerprint density at radius 3 is 2.46 bits per heavy atom. The van der Waals surface area contributed by atoms with Gasteiger partial charge in [0.15, 0.2) is 0 Å². The van der Waals surface area contributed by atoms with Gasteiger partial charge in [0.25, 0.3) is 5.91 Å². The maximum Gasteiger partial charge on any atom is 0.276 e. The summed E-state index contributed by atoms with van der Waals surface area (Å²) in [6, 6.07) is 19.2.